The Bertz CT molecular complexity index is 944. The highest BCUT2D eigenvalue weighted by atomic mass is 35.5. The predicted molar refractivity (Wildman–Crippen MR) is 109 cm³/mol. The van der Waals surface area contributed by atoms with Crippen LogP contribution in [0.25, 0.3) is 10.8 Å². The number of nitrogens with zero attached hydrogens (tertiary/aromatic N) is 1. The number of anilines is 1. The van der Waals surface area contributed by atoms with Gasteiger partial charge in [0.05, 0.1) is 15.7 Å². The van der Waals surface area contributed by atoms with E-state index < -0.39 is 0 Å². The minimum absolute atomic E-state index is 0.0918. The Kier molecular flexibility index (Phi) is 4.88. The smallest absolute Gasteiger partial charge is 0.227 e. The number of halogens is 2. The Balaban J connectivity index is 1.62. The lowest BCUT2D eigenvalue weighted by Crippen LogP contribution is -2.41. The van der Waals surface area contributed by atoms with Crippen molar-refractivity contribution in [3.63, 3.8) is 0 Å². The van der Waals surface area contributed by atoms with Crippen LogP contribution in [-0.2, 0) is 11.2 Å². The second-order valence-electron chi connectivity index (χ2n) is 6.82. The molecule has 1 aliphatic rings. The van der Waals surface area contributed by atoms with Crippen LogP contribution < -0.4 is 4.90 Å². The van der Waals surface area contributed by atoms with E-state index in [0.29, 0.717) is 34.6 Å². The molecule has 1 aliphatic heterocycles. The van der Waals surface area contributed by atoms with Gasteiger partial charge in [0.1, 0.15) is 0 Å². The van der Waals surface area contributed by atoms with Gasteiger partial charge < -0.3 is 4.90 Å². The number of hydrogen-bond donors (Lipinski definition) is 0. The number of carbonyl (C=O) groups is 1. The number of rotatable bonds is 3. The van der Waals surface area contributed by atoms with Gasteiger partial charge in [-0.05, 0) is 47.2 Å². The van der Waals surface area contributed by atoms with Crippen LogP contribution in [0.1, 0.15) is 18.4 Å². The first-order valence-electron chi connectivity index (χ1n) is 8.84. The number of para-hydroxylation sites is 1. The van der Waals surface area contributed by atoms with Crippen LogP contribution in [0.4, 0.5) is 5.69 Å². The summed E-state index contributed by atoms with van der Waals surface area (Å²) in [5.41, 5.74) is 1.97. The third-order valence-electron chi connectivity index (χ3n) is 5.10. The molecule has 1 heterocycles. The van der Waals surface area contributed by atoms with Crippen LogP contribution in [0.15, 0.2) is 60.7 Å². The Morgan fingerprint density at radius 2 is 1.62 bits per heavy atom. The maximum Gasteiger partial charge on any atom is 0.227 e. The zero-order valence-electron chi connectivity index (χ0n) is 14.3. The minimum Gasteiger partial charge on any atom is -0.309 e. The van der Waals surface area contributed by atoms with Crippen LogP contribution in [0.2, 0.25) is 10.0 Å². The van der Waals surface area contributed by atoms with E-state index in [9.17, 15) is 4.79 Å². The average Bonchev–Trinajstić information content (AvgIpc) is 2.64. The summed E-state index contributed by atoms with van der Waals surface area (Å²) in [7, 11) is 0. The molecule has 26 heavy (non-hydrogen) atoms. The summed E-state index contributed by atoms with van der Waals surface area (Å²) in [6.45, 7) is 0.644. The third-order valence-corrected chi connectivity index (χ3v) is 5.71. The average molecular weight is 384 g/mol. The molecule has 3 aromatic carbocycles. The normalized spacial score (nSPS) is 17.7. The Morgan fingerprint density at radius 3 is 2.42 bits per heavy atom. The van der Waals surface area contributed by atoms with Gasteiger partial charge in [0, 0.05) is 13.0 Å². The van der Waals surface area contributed by atoms with Crippen molar-refractivity contribution in [2.75, 3.05) is 11.4 Å². The van der Waals surface area contributed by atoms with Crippen LogP contribution >= 0.6 is 23.2 Å². The summed E-state index contributed by atoms with van der Waals surface area (Å²) in [5, 5.41) is 3.59. The molecule has 0 aromatic heterocycles. The highest BCUT2D eigenvalue weighted by molar-refractivity contribution is 6.39. The fourth-order valence-corrected chi connectivity index (χ4v) is 4.43. The highest BCUT2D eigenvalue weighted by Gasteiger charge is 2.29. The molecule has 0 spiro atoms. The number of fused-ring (bicyclic) bond motifs is 1. The molecule has 1 fully saturated rings. The fourth-order valence-electron chi connectivity index (χ4n) is 3.82. The van der Waals surface area contributed by atoms with Gasteiger partial charge in [0.2, 0.25) is 5.91 Å². The fraction of sp³-hybridized carbons (Fsp3) is 0.227. The van der Waals surface area contributed by atoms with Crippen LogP contribution in [-0.4, -0.2) is 12.5 Å². The van der Waals surface area contributed by atoms with Gasteiger partial charge in [-0.15, -0.1) is 0 Å². The number of benzene rings is 3. The maximum absolute atomic E-state index is 12.5. The minimum atomic E-state index is 0.0918. The molecule has 0 aliphatic carbocycles. The zero-order chi connectivity index (χ0) is 18.1. The van der Waals surface area contributed by atoms with E-state index in [2.05, 4.69) is 42.5 Å². The molecule has 0 radical (unpaired) electrons. The van der Waals surface area contributed by atoms with Crippen LogP contribution in [0.5, 0.6) is 0 Å². The first-order valence-corrected chi connectivity index (χ1v) is 9.60. The van der Waals surface area contributed by atoms with Crippen molar-refractivity contribution in [3.8, 4) is 0 Å². The molecule has 3 aromatic rings. The van der Waals surface area contributed by atoms with Crippen LogP contribution in [0.3, 0.4) is 0 Å². The Hall–Kier alpha value is -2.03. The molecular weight excluding hydrogens is 365 g/mol. The first kappa shape index (κ1) is 17.4. The summed E-state index contributed by atoms with van der Waals surface area (Å²) >= 11 is 12.7. The maximum atomic E-state index is 12.5. The number of hydrogen-bond acceptors (Lipinski definition) is 1. The molecule has 1 saturated heterocycles. The lowest BCUT2D eigenvalue weighted by atomic mass is 9.88. The van der Waals surface area contributed by atoms with Crippen LogP contribution in [0, 0.1) is 5.92 Å². The first-order chi connectivity index (χ1) is 12.6. The molecule has 132 valence electrons. The van der Waals surface area contributed by atoms with Crippen molar-refractivity contribution in [1.29, 1.82) is 0 Å². The monoisotopic (exact) mass is 383 g/mol. The summed E-state index contributed by atoms with van der Waals surface area (Å²) in [5.74, 6) is 0.472. The van der Waals surface area contributed by atoms with Crippen molar-refractivity contribution in [3.05, 3.63) is 76.3 Å². The Morgan fingerprint density at radius 1 is 0.923 bits per heavy atom. The molecule has 1 atom stereocenters. The molecule has 0 bridgehead atoms. The SMILES string of the molecule is O=C1CCC(Cc2cccc3ccccc23)CN1c1c(Cl)cccc1Cl. The highest BCUT2D eigenvalue weighted by Crippen LogP contribution is 2.37. The molecule has 2 nitrogen and oxygen atoms in total. The largest absolute Gasteiger partial charge is 0.309 e. The summed E-state index contributed by atoms with van der Waals surface area (Å²) < 4.78 is 0. The molecule has 0 saturated carbocycles. The van der Waals surface area contributed by atoms with E-state index >= 15 is 0 Å². The summed E-state index contributed by atoms with van der Waals surface area (Å²) in [6, 6.07) is 20.2. The van der Waals surface area contributed by atoms with Crippen molar-refractivity contribution in [2.45, 2.75) is 19.3 Å². The standard InChI is InChI=1S/C22H19Cl2NO/c23-19-9-4-10-20(24)22(19)25-14-15(11-12-21(25)26)13-17-7-3-6-16-5-1-2-8-18(16)17/h1-10,15H,11-14H2. The second kappa shape index (κ2) is 7.30. The quantitative estimate of drug-likeness (QED) is 0.532. The molecule has 1 unspecified atom stereocenters. The van der Waals surface area contributed by atoms with E-state index in [1.54, 1.807) is 23.1 Å². The van der Waals surface area contributed by atoms with Crippen molar-refractivity contribution >= 4 is 45.6 Å². The number of carbonyl (C=O) groups excluding carboxylic acids is 1. The van der Waals surface area contributed by atoms with Crippen molar-refractivity contribution in [1.82, 2.24) is 0 Å². The molecular formula is C22H19Cl2NO. The topological polar surface area (TPSA) is 20.3 Å². The molecule has 4 rings (SSSR count). The van der Waals surface area contributed by atoms with E-state index in [1.807, 2.05) is 0 Å². The number of amides is 1. The number of piperidine rings is 1. The van der Waals surface area contributed by atoms with Gasteiger partial charge in [-0.1, -0.05) is 71.7 Å². The van der Waals surface area contributed by atoms with Gasteiger partial charge in [-0.3, -0.25) is 4.79 Å². The van der Waals surface area contributed by atoms with Gasteiger partial charge in [-0.2, -0.15) is 0 Å². The molecule has 0 N–H and O–H groups in total. The summed E-state index contributed by atoms with van der Waals surface area (Å²) in [4.78, 5) is 14.3. The Labute approximate surface area is 163 Å². The van der Waals surface area contributed by atoms with E-state index in [1.165, 1.54) is 16.3 Å². The predicted octanol–water partition coefficient (Wildman–Crippen LogP) is 6.13. The van der Waals surface area contributed by atoms with Gasteiger partial charge in [-0.25, -0.2) is 0 Å². The lowest BCUT2D eigenvalue weighted by molar-refractivity contribution is -0.120. The van der Waals surface area contributed by atoms with Crippen molar-refractivity contribution < 1.29 is 4.79 Å². The van der Waals surface area contributed by atoms with E-state index in [-0.39, 0.29) is 5.91 Å². The summed E-state index contributed by atoms with van der Waals surface area (Å²) in [6.07, 6.45) is 2.35. The third kappa shape index (κ3) is 3.32. The van der Waals surface area contributed by atoms with Gasteiger partial charge in [0.15, 0.2) is 0 Å². The molecule has 4 heteroatoms. The zero-order valence-corrected chi connectivity index (χ0v) is 15.8. The molecule has 1 amide bonds. The second-order valence-corrected chi connectivity index (χ2v) is 7.64. The van der Waals surface area contributed by atoms with E-state index in [4.69, 9.17) is 23.2 Å². The van der Waals surface area contributed by atoms with Gasteiger partial charge in [0.25, 0.3) is 0 Å². The van der Waals surface area contributed by atoms with Gasteiger partial charge >= 0.3 is 0 Å². The lowest BCUT2D eigenvalue weighted by Gasteiger charge is -2.34. The van der Waals surface area contributed by atoms with Crippen molar-refractivity contribution in [2.24, 2.45) is 5.92 Å². The van der Waals surface area contributed by atoms with E-state index in [0.717, 1.165) is 12.8 Å².